The molecule has 2 aliphatic heterocycles. The third-order valence-corrected chi connectivity index (χ3v) is 5.13. The average Bonchev–Trinajstić information content (AvgIpc) is 2.71. The maximum Gasteiger partial charge on any atom is 0.226 e. The van der Waals surface area contributed by atoms with E-state index >= 15 is 0 Å². The van der Waals surface area contributed by atoms with E-state index < -0.39 is 0 Å². The molecule has 21 heavy (non-hydrogen) atoms. The van der Waals surface area contributed by atoms with Gasteiger partial charge in [0.2, 0.25) is 5.91 Å². The van der Waals surface area contributed by atoms with Gasteiger partial charge in [-0.15, -0.1) is 0 Å². The Balaban J connectivity index is 1.79. The van der Waals surface area contributed by atoms with Crippen LogP contribution in [0, 0.1) is 11.8 Å². The SMILES string of the molecule is CC(C(=O)N1CCCCCC1c1ccccc1)C1CNC1. The summed E-state index contributed by atoms with van der Waals surface area (Å²) in [5.41, 5.74) is 1.30. The van der Waals surface area contributed by atoms with E-state index in [1.807, 2.05) is 0 Å². The number of rotatable bonds is 3. The topological polar surface area (TPSA) is 32.3 Å². The zero-order chi connectivity index (χ0) is 14.7. The summed E-state index contributed by atoms with van der Waals surface area (Å²) in [6, 6.07) is 10.8. The summed E-state index contributed by atoms with van der Waals surface area (Å²) in [5, 5.41) is 3.28. The zero-order valence-electron chi connectivity index (χ0n) is 12.9. The molecule has 2 saturated heterocycles. The van der Waals surface area contributed by atoms with Crippen molar-refractivity contribution >= 4 is 5.91 Å². The monoisotopic (exact) mass is 286 g/mol. The van der Waals surface area contributed by atoms with E-state index in [0.717, 1.165) is 32.5 Å². The number of nitrogens with zero attached hydrogens (tertiary/aromatic N) is 1. The molecule has 1 N–H and O–H groups in total. The molecule has 2 heterocycles. The molecule has 2 atom stereocenters. The number of amides is 1. The Kier molecular flexibility index (Phi) is 4.59. The molecule has 2 fully saturated rings. The van der Waals surface area contributed by atoms with Gasteiger partial charge in [0.05, 0.1) is 6.04 Å². The Morgan fingerprint density at radius 2 is 1.95 bits per heavy atom. The second-order valence-electron chi connectivity index (χ2n) is 6.51. The molecule has 3 nitrogen and oxygen atoms in total. The minimum absolute atomic E-state index is 0.149. The highest BCUT2D eigenvalue weighted by atomic mass is 16.2. The van der Waals surface area contributed by atoms with Gasteiger partial charge in [0.15, 0.2) is 0 Å². The van der Waals surface area contributed by atoms with Crippen molar-refractivity contribution in [3.8, 4) is 0 Å². The second-order valence-corrected chi connectivity index (χ2v) is 6.51. The summed E-state index contributed by atoms with van der Waals surface area (Å²) in [7, 11) is 0. The summed E-state index contributed by atoms with van der Waals surface area (Å²) < 4.78 is 0. The molecule has 0 bridgehead atoms. The first kappa shape index (κ1) is 14.6. The minimum atomic E-state index is 0.149. The fourth-order valence-corrected chi connectivity index (χ4v) is 3.52. The van der Waals surface area contributed by atoms with Gasteiger partial charge >= 0.3 is 0 Å². The van der Waals surface area contributed by atoms with Gasteiger partial charge in [-0.1, -0.05) is 50.1 Å². The van der Waals surface area contributed by atoms with E-state index in [1.54, 1.807) is 0 Å². The molecular formula is C18H26N2O. The van der Waals surface area contributed by atoms with Crippen LogP contribution in [-0.2, 0) is 4.79 Å². The van der Waals surface area contributed by atoms with Crippen molar-refractivity contribution in [2.75, 3.05) is 19.6 Å². The summed E-state index contributed by atoms with van der Waals surface area (Å²) >= 11 is 0. The van der Waals surface area contributed by atoms with Crippen molar-refractivity contribution in [2.24, 2.45) is 11.8 Å². The predicted molar refractivity (Wildman–Crippen MR) is 84.9 cm³/mol. The van der Waals surface area contributed by atoms with E-state index in [2.05, 4.69) is 47.5 Å². The van der Waals surface area contributed by atoms with Crippen LogP contribution in [0.2, 0.25) is 0 Å². The van der Waals surface area contributed by atoms with Gasteiger partial charge in [0.25, 0.3) is 0 Å². The first-order chi connectivity index (χ1) is 10.3. The third kappa shape index (κ3) is 3.13. The maximum absolute atomic E-state index is 13.0. The summed E-state index contributed by atoms with van der Waals surface area (Å²) in [6.07, 6.45) is 4.71. The molecule has 1 amide bonds. The number of benzene rings is 1. The Morgan fingerprint density at radius 1 is 1.19 bits per heavy atom. The van der Waals surface area contributed by atoms with E-state index in [-0.39, 0.29) is 12.0 Å². The van der Waals surface area contributed by atoms with Crippen LogP contribution in [0.5, 0.6) is 0 Å². The molecule has 0 spiro atoms. The van der Waals surface area contributed by atoms with Gasteiger partial charge in [-0.2, -0.15) is 0 Å². The number of carbonyl (C=O) groups is 1. The van der Waals surface area contributed by atoms with Crippen LogP contribution < -0.4 is 5.32 Å². The standard InChI is InChI=1S/C18H26N2O/c1-14(16-12-19-13-16)18(21)20-11-7-3-6-10-17(20)15-8-4-2-5-9-15/h2,4-5,8-9,14,16-17,19H,3,6-7,10-13H2,1H3. The van der Waals surface area contributed by atoms with Crippen LogP contribution in [0.15, 0.2) is 30.3 Å². The summed E-state index contributed by atoms with van der Waals surface area (Å²) in [4.78, 5) is 15.1. The van der Waals surface area contributed by atoms with Gasteiger partial charge in [-0.25, -0.2) is 0 Å². The summed E-state index contributed by atoms with van der Waals surface area (Å²) in [5.74, 6) is 1.03. The quantitative estimate of drug-likeness (QED) is 0.926. The Hall–Kier alpha value is -1.35. The second kappa shape index (κ2) is 6.61. The molecule has 3 rings (SSSR count). The lowest BCUT2D eigenvalue weighted by molar-refractivity contribution is -0.140. The molecule has 3 heteroatoms. The summed E-state index contributed by atoms with van der Waals surface area (Å²) in [6.45, 7) is 5.02. The van der Waals surface area contributed by atoms with Crippen LogP contribution >= 0.6 is 0 Å². The normalized spacial score (nSPS) is 25.0. The molecule has 2 unspecified atom stereocenters. The maximum atomic E-state index is 13.0. The van der Waals surface area contributed by atoms with Gasteiger partial charge in [-0.05, 0) is 37.4 Å². The van der Waals surface area contributed by atoms with Crippen LogP contribution in [0.3, 0.4) is 0 Å². The fourth-order valence-electron chi connectivity index (χ4n) is 3.52. The Labute approximate surface area is 127 Å². The smallest absolute Gasteiger partial charge is 0.226 e. The highest BCUT2D eigenvalue weighted by molar-refractivity contribution is 5.79. The molecular weight excluding hydrogens is 260 g/mol. The fraction of sp³-hybridized carbons (Fsp3) is 0.611. The van der Waals surface area contributed by atoms with E-state index in [9.17, 15) is 4.79 Å². The van der Waals surface area contributed by atoms with Crippen molar-refractivity contribution in [1.29, 1.82) is 0 Å². The number of hydrogen-bond acceptors (Lipinski definition) is 2. The predicted octanol–water partition coefficient (Wildman–Crippen LogP) is 2.99. The number of likely N-dealkylation sites (tertiary alicyclic amines) is 1. The highest BCUT2D eigenvalue weighted by Gasteiger charge is 2.35. The third-order valence-electron chi connectivity index (χ3n) is 5.13. The first-order valence-corrected chi connectivity index (χ1v) is 8.33. The number of carbonyl (C=O) groups excluding carboxylic acids is 1. The van der Waals surface area contributed by atoms with Crippen LogP contribution in [0.4, 0.5) is 0 Å². The first-order valence-electron chi connectivity index (χ1n) is 8.33. The molecule has 0 radical (unpaired) electrons. The zero-order valence-corrected chi connectivity index (χ0v) is 12.9. The molecule has 1 aromatic carbocycles. The van der Waals surface area contributed by atoms with Gasteiger partial charge in [-0.3, -0.25) is 4.79 Å². The lowest BCUT2D eigenvalue weighted by Crippen LogP contribution is -2.51. The Morgan fingerprint density at radius 3 is 2.62 bits per heavy atom. The minimum Gasteiger partial charge on any atom is -0.335 e. The number of nitrogens with one attached hydrogen (secondary N) is 1. The van der Waals surface area contributed by atoms with E-state index in [4.69, 9.17) is 0 Å². The van der Waals surface area contributed by atoms with Crippen molar-refractivity contribution in [2.45, 2.75) is 38.6 Å². The molecule has 0 aromatic heterocycles. The van der Waals surface area contributed by atoms with E-state index in [1.165, 1.54) is 18.4 Å². The highest BCUT2D eigenvalue weighted by Crippen LogP contribution is 2.32. The van der Waals surface area contributed by atoms with Crippen LogP contribution in [-0.4, -0.2) is 30.4 Å². The van der Waals surface area contributed by atoms with E-state index in [0.29, 0.717) is 11.8 Å². The largest absolute Gasteiger partial charge is 0.335 e. The van der Waals surface area contributed by atoms with Crippen LogP contribution in [0.1, 0.15) is 44.2 Å². The van der Waals surface area contributed by atoms with Gasteiger partial charge in [0, 0.05) is 12.5 Å². The van der Waals surface area contributed by atoms with Gasteiger partial charge < -0.3 is 10.2 Å². The Bertz CT molecular complexity index is 469. The number of hydrogen-bond donors (Lipinski definition) is 1. The van der Waals surface area contributed by atoms with Gasteiger partial charge in [0.1, 0.15) is 0 Å². The van der Waals surface area contributed by atoms with Crippen molar-refractivity contribution < 1.29 is 4.79 Å². The van der Waals surface area contributed by atoms with Crippen LogP contribution in [0.25, 0.3) is 0 Å². The van der Waals surface area contributed by atoms with Crippen molar-refractivity contribution in [3.05, 3.63) is 35.9 Å². The lowest BCUT2D eigenvalue weighted by Gasteiger charge is -2.38. The molecule has 2 aliphatic rings. The van der Waals surface area contributed by atoms with Crippen molar-refractivity contribution in [1.82, 2.24) is 10.2 Å². The molecule has 1 aromatic rings. The van der Waals surface area contributed by atoms with Crippen molar-refractivity contribution in [3.63, 3.8) is 0 Å². The average molecular weight is 286 g/mol. The molecule has 0 aliphatic carbocycles. The molecule has 0 saturated carbocycles. The lowest BCUT2D eigenvalue weighted by atomic mass is 9.87. The molecule has 114 valence electrons.